The molecule has 15 nitrogen and oxygen atoms in total. The second-order valence-electron chi connectivity index (χ2n) is 12.2. The summed E-state index contributed by atoms with van der Waals surface area (Å²) < 4.78 is 36.8. The summed E-state index contributed by atoms with van der Waals surface area (Å²) in [7, 11) is 6.23. The fourth-order valence-corrected chi connectivity index (χ4v) is 5.77. The van der Waals surface area contributed by atoms with E-state index in [1.165, 1.54) is 32.7 Å². The number of benzene rings is 2. The molecule has 0 aliphatic carbocycles. The Morgan fingerprint density at radius 3 is 2.42 bits per heavy atom. The van der Waals surface area contributed by atoms with Crippen LogP contribution in [0, 0.1) is 0 Å². The number of aliphatic imine (C=N–C) groups is 1. The number of nitrogens with zero attached hydrogens (tertiary/aromatic N) is 6. The van der Waals surface area contributed by atoms with E-state index in [0.29, 0.717) is 22.5 Å². The summed E-state index contributed by atoms with van der Waals surface area (Å²) in [6.07, 6.45) is 5.11. The van der Waals surface area contributed by atoms with Crippen molar-refractivity contribution < 1.29 is 42.8 Å². The minimum atomic E-state index is -0.914. The molecule has 0 spiro atoms. The van der Waals surface area contributed by atoms with Crippen LogP contribution in [0.3, 0.4) is 0 Å². The first kappa shape index (κ1) is 34.4. The molecule has 4 atom stereocenters. The van der Waals surface area contributed by atoms with Crippen LogP contribution >= 0.6 is 0 Å². The van der Waals surface area contributed by atoms with Crippen molar-refractivity contribution in [1.82, 2.24) is 24.4 Å². The molecule has 50 heavy (non-hydrogen) atoms. The molecule has 0 amide bonds. The molecular formula is C35H36N6O9. The van der Waals surface area contributed by atoms with E-state index >= 15 is 0 Å². The number of ether oxygens (including phenoxy) is 6. The number of imidazole rings is 1. The molecule has 0 radical (unpaired) electrons. The molecule has 4 heterocycles. The summed E-state index contributed by atoms with van der Waals surface area (Å²) in [6.45, 7) is 3.61. The van der Waals surface area contributed by atoms with Crippen LogP contribution in [-0.4, -0.2) is 108 Å². The van der Waals surface area contributed by atoms with Gasteiger partial charge >= 0.3 is 11.9 Å². The van der Waals surface area contributed by atoms with Crippen molar-refractivity contribution in [2.75, 3.05) is 34.9 Å². The molecule has 0 saturated carbocycles. The summed E-state index contributed by atoms with van der Waals surface area (Å²) in [5.41, 5.74) is 2.06. The number of rotatable bonds is 11. The third-order valence-corrected chi connectivity index (χ3v) is 7.99. The fourth-order valence-electron chi connectivity index (χ4n) is 5.77. The Labute approximate surface area is 287 Å². The minimum absolute atomic E-state index is 0.0281. The average Bonchev–Trinajstić information content (AvgIpc) is 3.78. The maximum absolute atomic E-state index is 13.0. The Hall–Kier alpha value is -5.51. The van der Waals surface area contributed by atoms with E-state index in [-0.39, 0.29) is 29.0 Å². The number of hydrogen-bond donors (Lipinski definition) is 0. The van der Waals surface area contributed by atoms with Crippen LogP contribution in [-0.2, 0) is 23.7 Å². The number of carbonyl (C=O) groups is 3. The predicted molar refractivity (Wildman–Crippen MR) is 179 cm³/mol. The zero-order chi connectivity index (χ0) is 35.6. The highest BCUT2D eigenvalue weighted by Crippen LogP contribution is 2.44. The molecule has 2 aliphatic rings. The molecule has 15 heteroatoms. The molecule has 0 bridgehead atoms. The fraction of sp³-hybridized carbons (Fsp3) is 0.343. The molecule has 260 valence electrons. The van der Waals surface area contributed by atoms with E-state index in [2.05, 4.69) is 19.9 Å². The molecule has 2 aromatic carbocycles. The first-order valence-corrected chi connectivity index (χ1v) is 15.6. The Balaban J connectivity index is 1.25. The average molecular weight is 685 g/mol. The smallest absolute Gasteiger partial charge is 0.341 e. The predicted octanol–water partition coefficient (Wildman–Crippen LogP) is 4.01. The van der Waals surface area contributed by atoms with Crippen LogP contribution in [0.4, 0.5) is 5.82 Å². The lowest BCUT2D eigenvalue weighted by Crippen LogP contribution is -2.34. The molecule has 2 aliphatic heterocycles. The Morgan fingerprint density at radius 1 is 0.960 bits per heavy atom. The van der Waals surface area contributed by atoms with Crippen LogP contribution in [0.1, 0.15) is 56.7 Å². The standard InChI is InChI=1S/C35H36N6O9/c1-35(2)49-28-26(48-32(29(28)50-35)41-19-38-27-30(39-18-40(3)4)36-17-37-31(27)41)16-47-25-15-20(11-13-23(25)34(44)46-6)12-14-24(42)21-9-7-8-10-22(21)33(43)45-5/h7-15,17-19,26,28-29,32H,16H2,1-6H3/b14-12+,39-18+/t26-,28-,29-,32-/m1/s1. The van der Waals surface area contributed by atoms with E-state index in [9.17, 15) is 14.4 Å². The summed E-state index contributed by atoms with van der Waals surface area (Å²) >= 11 is 0. The number of hydrogen-bond acceptors (Lipinski definition) is 13. The van der Waals surface area contributed by atoms with Crippen molar-refractivity contribution >= 4 is 47.1 Å². The molecule has 2 fully saturated rings. The number of ketones is 1. The van der Waals surface area contributed by atoms with Crippen molar-refractivity contribution in [3.8, 4) is 5.75 Å². The van der Waals surface area contributed by atoms with Crippen molar-refractivity contribution in [2.45, 2.75) is 44.2 Å². The maximum Gasteiger partial charge on any atom is 0.341 e. The van der Waals surface area contributed by atoms with Gasteiger partial charge in [0.25, 0.3) is 0 Å². The Morgan fingerprint density at radius 2 is 1.68 bits per heavy atom. The van der Waals surface area contributed by atoms with Gasteiger partial charge in [0.1, 0.15) is 42.6 Å². The van der Waals surface area contributed by atoms with E-state index in [0.717, 1.165) is 0 Å². The van der Waals surface area contributed by atoms with Gasteiger partial charge in [0.15, 0.2) is 34.8 Å². The van der Waals surface area contributed by atoms with Gasteiger partial charge in [-0.25, -0.2) is 29.5 Å². The first-order valence-electron chi connectivity index (χ1n) is 15.6. The number of aromatic nitrogens is 4. The lowest BCUT2D eigenvalue weighted by Gasteiger charge is -2.25. The SMILES string of the molecule is COC(=O)c1ccc(/C=C/C(=O)c2ccccc2C(=O)OC)cc1OC[C@H]1O[C@@H](n2cnc3c(/N=C/N(C)C)ncnc32)[C@@H]2OC(C)(C)O[C@@H]21. The van der Waals surface area contributed by atoms with Gasteiger partial charge in [-0.1, -0.05) is 30.3 Å². The third-order valence-electron chi connectivity index (χ3n) is 7.99. The van der Waals surface area contributed by atoms with Gasteiger partial charge in [-0.05, 0) is 43.7 Å². The van der Waals surface area contributed by atoms with Crippen LogP contribution in [0.5, 0.6) is 5.75 Å². The largest absolute Gasteiger partial charge is 0.490 e. The molecule has 6 rings (SSSR count). The number of allylic oxidation sites excluding steroid dienone is 1. The van der Waals surface area contributed by atoms with Gasteiger partial charge in [-0.15, -0.1) is 0 Å². The second-order valence-corrected chi connectivity index (χ2v) is 12.2. The van der Waals surface area contributed by atoms with E-state index in [1.54, 1.807) is 64.6 Å². The molecule has 2 aromatic heterocycles. The first-order chi connectivity index (χ1) is 24.0. The Bertz CT molecular complexity index is 1990. The van der Waals surface area contributed by atoms with Crippen molar-refractivity contribution in [2.24, 2.45) is 4.99 Å². The van der Waals surface area contributed by atoms with Gasteiger partial charge in [0.2, 0.25) is 0 Å². The van der Waals surface area contributed by atoms with Gasteiger partial charge in [0.05, 0.1) is 32.4 Å². The highest BCUT2D eigenvalue weighted by atomic mass is 16.8. The molecule has 0 N–H and O–H groups in total. The van der Waals surface area contributed by atoms with Gasteiger partial charge in [-0.3, -0.25) is 9.36 Å². The third kappa shape index (κ3) is 6.96. The quantitative estimate of drug-likeness (QED) is 0.0732. The highest BCUT2D eigenvalue weighted by Gasteiger charge is 2.56. The van der Waals surface area contributed by atoms with Crippen LogP contribution in [0.2, 0.25) is 0 Å². The monoisotopic (exact) mass is 684 g/mol. The van der Waals surface area contributed by atoms with E-state index in [4.69, 9.17) is 28.4 Å². The van der Waals surface area contributed by atoms with Crippen molar-refractivity contribution in [3.05, 3.63) is 83.4 Å². The number of carbonyl (C=O) groups excluding carboxylic acids is 3. The molecule has 4 aromatic rings. The number of fused-ring (bicyclic) bond motifs is 2. The van der Waals surface area contributed by atoms with Crippen molar-refractivity contribution in [1.29, 1.82) is 0 Å². The van der Waals surface area contributed by atoms with E-state index < -0.39 is 48.0 Å². The zero-order valence-electron chi connectivity index (χ0n) is 28.3. The van der Waals surface area contributed by atoms with Crippen LogP contribution < -0.4 is 4.74 Å². The van der Waals surface area contributed by atoms with Crippen LogP contribution in [0.15, 0.2) is 66.2 Å². The van der Waals surface area contributed by atoms with E-state index in [1.807, 2.05) is 27.9 Å². The summed E-state index contributed by atoms with van der Waals surface area (Å²) in [5, 5.41) is 0. The number of esters is 2. The van der Waals surface area contributed by atoms with Gasteiger partial charge in [-0.2, -0.15) is 0 Å². The normalized spacial score (nSPS) is 21.1. The topological polar surface area (TPSA) is 166 Å². The van der Waals surface area contributed by atoms with Crippen LogP contribution in [0.25, 0.3) is 17.2 Å². The summed E-state index contributed by atoms with van der Waals surface area (Å²) in [6, 6.07) is 11.2. The molecule has 2 saturated heterocycles. The second kappa shape index (κ2) is 14.2. The van der Waals surface area contributed by atoms with Gasteiger partial charge < -0.3 is 33.3 Å². The zero-order valence-corrected chi connectivity index (χ0v) is 28.3. The van der Waals surface area contributed by atoms with Gasteiger partial charge in [0, 0.05) is 19.7 Å². The van der Waals surface area contributed by atoms with Crippen molar-refractivity contribution in [3.63, 3.8) is 0 Å². The summed E-state index contributed by atoms with van der Waals surface area (Å²) in [5.74, 6) is -1.94. The highest BCUT2D eigenvalue weighted by molar-refractivity contribution is 6.12. The molecular weight excluding hydrogens is 648 g/mol. The lowest BCUT2D eigenvalue weighted by atomic mass is 10.0. The maximum atomic E-state index is 13.0. The Kier molecular flexibility index (Phi) is 9.72. The summed E-state index contributed by atoms with van der Waals surface area (Å²) in [4.78, 5) is 57.4. The number of methoxy groups -OCH3 is 2. The minimum Gasteiger partial charge on any atom is -0.490 e. The molecule has 0 unspecified atom stereocenters. The lowest BCUT2D eigenvalue weighted by molar-refractivity contribution is -0.198.